The van der Waals surface area contributed by atoms with Crippen LogP contribution in [0.2, 0.25) is 0 Å². The third kappa shape index (κ3) is 2.41. The maximum absolute atomic E-state index is 10.4. The SMILES string of the molecule is CCN(CCO)C(c1ccco1)c1sc2ncnn2c1O. The van der Waals surface area contributed by atoms with Crippen LogP contribution in [0.25, 0.3) is 4.96 Å². The highest BCUT2D eigenvalue weighted by molar-refractivity contribution is 7.17. The van der Waals surface area contributed by atoms with Crippen molar-refractivity contribution in [3.63, 3.8) is 0 Å². The molecule has 0 saturated heterocycles. The lowest BCUT2D eigenvalue weighted by atomic mass is 10.1. The Hall–Kier alpha value is -1.90. The second-order valence-corrected chi connectivity index (χ2v) is 5.52. The van der Waals surface area contributed by atoms with Gasteiger partial charge in [0, 0.05) is 6.54 Å². The first-order chi connectivity index (χ1) is 10.3. The molecule has 2 N–H and O–H groups in total. The Labute approximate surface area is 125 Å². The predicted molar refractivity (Wildman–Crippen MR) is 77.4 cm³/mol. The van der Waals surface area contributed by atoms with Crippen molar-refractivity contribution in [1.82, 2.24) is 19.5 Å². The van der Waals surface area contributed by atoms with E-state index >= 15 is 0 Å². The van der Waals surface area contributed by atoms with Gasteiger partial charge in [0.15, 0.2) is 0 Å². The monoisotopic (exact) mass is 308 g/mol. The summed E-state index contributed by atoms with van der Waals surface area (Å²) in [6.45, 7) is 3.22. The zero-order valence-electron chi connectivity index (χ0n) is 11.5. The van der Waals surface area contributed by atoms with E-state index in [1.807, 2.05) is 24.0 Å². The van der Waals surface area contributed by atoms with Crippen LogP contribution in [0.15, 0.2) is 29.1 Å². The van der Waals surface area contributed by atoms with Gasteiger partial charge in [0.25, 0.3) is 0 Å². The van der Waals surface area contributed by atoms with Gasteiger partial charge in [0.2, 0.25) is 10.8 Å². The number of fused-ring (bicyclic) bond motifs is 1. The molecule has 112 valence electrons. The molecule has 0 aromatic carbocycles. The van der Waals surface area contributed by atoms with Crippen molar-refractivity contribution >= 4 is 16.3 Å². The zero-order chi connectivity index (χ0) is 14.8. The van der Waals surface area contributed by atoms with E-state index in [-0.39, 0.29) is 18.5 Å². The summed E-state index contributed by atoms with van der Waals surface area (Å²) in [4.78, 5) is 7.47. The molecule has 3 rings (SSSR count). The van der Waals surface area contributed by atoms with Crippen molar-refractivity contribution < 1.29 is 14.6 Å². The lowest BCUT2D eigenvalue weighted by molar-refractivity contribution is 0.162. The highest BCUT2D eigenvalue weighted by atomic mass is 32.1. The molecular weight excluding hydrogens is 292 g/mol. The van der Waals surface area contributed by atoms with E-state index in [0.717, 1.165) is 0 Å². The molecule has 3 heterocycles. The standard InChI is InChI=1S/C13H16N4O3S/c1-2-16(5-6-18)10(9-4-3-7-20-9)11-12(19)17-13(21-11)14-8-15-17/h3-4,7-8,10,18-19H,2,5-6H2,1H3. The quantitative estimate of drug-likeness (QED) is 0.717. The molecule has 3 aromatic heterocycles. The molecule has 21 heavy (non-hydrogen) atoms. The number of aromatic hydroxyl groups is 1. The average Bonchev–Trinajstić information content (AvgIpc) is 3.19. The van der Waals surface area contributed by atoms with E-state index in [1.165, 1.54) is 22.2 Å². The number of hydrogen-bond donors (Lipinski definition) is 2. The van der Waals surface area contributed by atoms with Gasteiger partial charge < -0.3 is 14.6 Å². The molecule has 1 atom stereocenters. The lowest BCUT2D eigenvalue weighted by Gasteiger charge is -2.27. The molecule has 7 nitrogen and oxygen atoms in total. The van der Waals surface area contributed by atoms with Crippen LogP contribution < -0.4 is 0 Å². The number of hydrogen-bond acceptors (Lipinski definition) is 7. The van der Waals surface area contributed by atoms with Crippen LogP contribution in [0.4, 0.5) is 0 Å². The molecule has 0 aliphatic carbocycles. The number of thiazole rings is 1. The van der Waals surface area contributed by atoms with Crippen molar-refractivity contribution in [3.05, 3.63) is 35.4 Å². The number of aliphatic hydroxyl groups is 1. The van der Waals surface area contributed by atoms with Gasteiger partial charge in [-0.15, -0.1) is 0 Å². The van der Waals surface area contributed by atoms with Crippen molar-refractivity contribution in [1.29, 1.82) is 0 Å². The molecule has 0 aliphatic heterocycles. The van der Waals surface area contributed by atoms with Crippen molar-refractivity contribution in [2.24, 2.45) is 0 Å². The van der Waals surface area contributed by atoms with Crippen LogP contribution in [0.3, 0.4) is 0 Å². The van der Waals surface area contributed by atoms with Gasteiger partial charge in [0.1, 0.15) is 18.1 Å². The molecule has 8 heteroatoms. The smallest absolute Gasteiger partial charge is 0.230 e. The lowest BCUT2D eigenvalue weighted by Crippen LogP contribution is -2.31. The first-order valence-electron chi connectivity index (χ1n) is 6.66. The number of likely N-dealkylation sites (N-methyl/N-ethyl adjacent to an activating group) is 1. The van der Waals surface area contributed by atoms with E-state index in [9.17, 15) is 10.2 Å². The van der Waals surface area contributed by atoms with Gasteiger partial charge in [0.05, 0.1) is 17.7 Å². The summed E-state index contributed by atoms with van der Waals surface area (Å²) in [5.74, 6) is 0.774. The largest absolute Gasteiger partial charge is 0.492 e. The van der Waals surface area contributed by atoms with Gasteiger partial charge >= 0.3 is 0 Å². The zero-order valence-corrected chi connectivity index (χ0v) is 12.3. The Bertz CT molecular complexity index is 706. The second kappa shape index (κ2) is 5.84. The molecule has 0 saturated carbocycles. The second-order valence-electron chi connectivity index (χ2n) is 4.51. The predicted octanol–water partition coefficient (Wildman–Crippen LogP) is 1.49. The number of rotatable bonds is 6. The fourth-order valence-electron chi connectivity index (χ4n) is 2.39. The first-order valence-corrected chi connectivity index (χ1v) is 7.47. The molecule has 0 radical (unpaired) electrons. The van der Waals surface area contributed by atoms with Gasteiger partial charge in [-0.25, -0.2) is 4.98 Å². The average molecular weight is 308 g/mol. The van der Waals surface area contributed by atoms with Crippen LogP contribution in [-0.2, 0) is 0 Å². The highest BCUT2D eigenvalue weighted by Gasteiger charge is 2.30. The molecule has 0 spiro atoms. The topological polar surface area (TPSA) is 87.0 Å². The third-order valence-corrected chi connectivity index (χ3v) is 4.44. The van der Waals surface area contributed by atoms with Crippen LogP contribution in [0, 0.1) is 0 Å². The fraction of sp³-hybridized carbons (Fsp3) is 0.385. The summed E-state index contributed by atoms with van der Waals surface area (Å²) in [5.41, 5.74) is 0. The Morgan fingerprint density at radius 3 is 3.00 bits per heavy atom. The normalized spacial score (nSPS) is 13.3. The molecule has 0 fully saturated rings. The van der Waals surface area contributed by atoms with E-state index < -0.39 is 0 Å². The van der Waals surface area contributed by atoms with Crippen molar-refractivity contribution in [2.75, 3.05) is 19.7 Å². The van der Waals surface area contributed by atoms with E-state index in [2.05, 4.69) is 10.1 Å². The Balaban J connectivity index is 2.09. The van der Waals surface area contributed by atoms with Crippen LogP contribution in [-0.4, -0.2) is 49.4 Å². The van der Waals surface area contributed by atoms with Crippen LogP contribution in [0.1, 0.15) is 23.6 Å². The minimum absolute atomic E-state index is 0.0343. The van der Waals surface area contributed by atoms with Crippen molar-refractivity contribution in [3.8, 4) is 5.88 Å². The summed E-state index contributed by atoms with van der Waals surface area (Å²) in [6, 6.07) is 3.40. The molecule has 0 aliphatic rings. The Morgan fingerprint density at radius 2 is 2.38 bits per heavy atom. The van der Waals surface area contributed by atoms with E-state index in [4.69, 9.17) is 4.42 Å². The number of nitrogens with zero attached hydrogens (tertiary/aromatic N) is 4. The maximum atomic E-state index is 10.4. The molecule has 0 amide bonds. The first kappa shape index (κ1) is 14.1. The highest BCUT2D eigenvalue weighted by Crippen LogP contribution is 2.39. The number of furan rings is 1. The summed E-state index contributed by atoms with van der Waals surface area (Å²) in [6.07, 6.45) is 3.01. The number of aliphatic hydroxyl groups excluding tert-OH is 1. The van der Waals surface area contributed by atoms with E-state index in [1.54, 1.807) is 6.26 Å². The minimum Gasteiger partial charge on any atom is -0.492 e. The summed E-state index contributed by atoms with van der Waals surface area (Å²) < 4.78 is 6.93. The van der Waals surface area contributed by atoms with Crippen LogP contribution in [0.5, 0.6) is 5.88 Å². The minimum atomic E-state index is -0.273. The van der Waals surface area contributed by atoms with Gasteiger partial charge in [-0.1, -0.05) is 18.3 Å². The van der Waals surface area contributed by atoms with Crippen LogP contribution >= 0.6 is 11.3 Å². The summed E-state index contributed by atoms with van der Waals surface area (Å²) >= 11 is 1.36. The number of aromatic nitrogens is 3. The van der Waals surface area contributed by atoms with E-state index in [0.29, 0.717) is 28.7 Å². The Morgan fingerprint density at radius 1 is 1.52 bits per heavy atom. The third-order valence-electron chi connectivity index (χ3n) is 3.36. The Kier molecular flexibility index (Phi) is 3.91. The molecule has 0 bridgehead atoms. The molecule has 1 unspecified atom stereocenters. The van der Waals surface area contributed by atoms with Gasteiger partial charge in [-0.05, 0) is 18.7 Å². The van der Waals surface area contributed by atoms with Gasteiger partial charge in [-0.3, -0.25) is 4.90 Å². The maximum Gasteiger partial charge on any atom is 0.230 e. The van der Waals surface area contributed by atoms with Gasteiger partial charge in [-0.2, -0.15) is 9.61 Å². The fourth-order valence-corrected chi connectivity index (χ4v) is 3.46. The molecular formula is C13H16N4O3S. The van der Waals surface area contributed by atoms with Crippen molar-refractivity contribution in [2.45, 2.75) is 13.0 Å². The summed E-state index contributed by atoms with van der Waals surface area (Å²) in [5, 5.41) is 23.7. The molecule has 3 aromatic rings. The summed E-state index contributed by atoms with van der Waals surface area (Å²) in [7, 11) is 0.